The van der Waals surface area contributed by atoms with Crippen molar-refractivity contribution in [2.24, 2.45) is 0 Å². The molecular weight excluding hydrogens is 444 g/mol. The Morgan fingerprint density at radius 3 is 1.69 bits per heavy atom. The van der Waals surface area contributed by atoms with Crippen LogP contribution in [0.1, 0.15) is 109 Å². The van der Waals surface area contributed by atoms with Crippen molar-refractivity contribution in [3.63, 3.8) is 0 Å². The number of unbranched alkanes of at least 4 members (excludes halogenated alkanes) is 10. The lowest BCUT2D eigenvalue weighted by Crippen LogP contribution is -2.20. The van der Waals surface area contributed by atoms with Gasteiger partial charge < -0.3 is 18.9 Å². The number of carbonyl (C=O) groups excluding carboxylic acids is 2. The van der Waals surface area contributed by atoms with Gasteiger partial charge >= 0.3 is 5.97 Å². The molecule has 0 fully saturated rings. The number of hydrogen-bond donors (Lipinski definition) is 0. The Hall–Kier alpha value is -1.92. The van der Waals surface area contributed by atoms with Gasteiger partial charge in [-0.2, -0.15) is 0 Å². The van der Waals surface area contributed by atoms with Crippen molar-refractivity contribution in [1.29, 1.82) is 0 Å². The third kappa shape index (κ3) is 18.1. The summed E-state index contributed by atoms with van der Waals surface area (Å²) in [7, 11) is 0. The Bertz CT molecular complexity index is 645. The topological polar surface area (TPSA) is 71.1 Å². The van der Waals surface area contributed by atoms with Gasteiger partial charge in [0.1, 0.15) is 12.2 Å². The highest BCUT2D eigenvalue weighted by Crippen LogP contribution is 2.13. The van der Waals surface area contributed by atoms with E-state index in [0.717, 1.165) is 24.0 Å². The number of carbonyl (C=O) groups is 2. The summed E-state index contributed by atoms with van der Waals surface area (Å²) in [4.78, 5) is 22.3. The Labute approximate surface area is 213 Å². The highest BCUT2D eigenvalue weighted by atomic mass is 16.6. The van der Waals surface area contributed by atoms with Gasteiger partial charge in [-0.3, -0.25) is 9.59 Å². The average molecular weight is 493 g/mol. The molecule has 0 spiro atoms. The van der Waals surface area contributed by atoms with E-state index < -0.39 is 0 Å². The highest BCUT2D eigenvalue weighted by molar-refractivity contribution is 5.69. The first-order valence-corrected chi connectivity index (χ1v) is 13.6. The van der Waals surface area contributed by atoms with Gasteiger partial charge in [0.2, 0.25) is 0 Å². The maximum atomic E-state index is 12.0. The standard InChI is InChI=1S/C29H48O6/c1-4-5-6-7-8-9-10-11-12-13-14-15-29(31)35-26(3)21-33-23-28-18-16-27(17-19-28)22-32-20-25(2)34-24-30/h16-19,24-26H,4-15,20-23H2,1-3H3. The fourth-order valence-electron chi connectivity index (χ4n) is 3.80. The van der Waals surface area contributed by atoms with Gasteiger partial charge in [0.05, 0.1) is 26.4 Å². The quantitative estimate of drug-likeness (QED) is 0.0938. The first-order chi connectivity index (χ1) is 17.0. The van der Waals surface area contributed by atoms with E-state index in [2.05, 4.69) is 6.92 Å². The normalized spacial score (nSPS) is 12.8. The number of benzene rings is 1. The third-order valence-corrected chi connectivity index (χ3v) is 5.87. The van der Waals surface area contributed by atoms with Gasteiger partial charge in [-0.05, 0) is 31.4 Å². The van der Waals surface area contributed by atoms with E-state index in [0.29, 0.717) is 39.3 Å². The minimum Gasteiger partial charge on any atom is -0.462 e. The van der Waals surface area contributed by atoms with Gasteiger partial charge in [0, 0.05) is 6.42 Å². The minimum atomic E-state index is -0.254. The van der Waals surface area contributed by atoms with E-state index in [1.807, 2.05) is 31.2 Å². The van der Waals surface area contributed by atoms with E-state index in [1.165, 1.54) is 57.8 Å². The summed E-state index contributed by atoms with van der Waals surface area (Å²) in [6.07, 6.45) is 13.9. The van der Waals surface area contributed by atoms with Gasteiger partial charge in [0.15, 0.2) is 0 Å². The van der Waals surface area contributed by atoms with Gasteiger partial charge in [-0.15, -0.1) is 0 Å². The van der Waals surface area contributed by atoms with E-state index in [-0.39, 0.29) is 18.2 Å². The van der Waals surface area contributed by atoms with Crippen LogP contribution in [0, 0.1) is 0 Å². The molecule has 200 valence electrons. The van der Waals surface area contributed by atoms with E-state index in [4.69, 9.17) is 18.9 Å². The number of esters is 1. The summed E-state index contributed by atoms with van der Waals surface area (Å²) >= 11 is 0. The van der Waals surface area contributed by atoms with Crippen molar-refractivity contribution in [2.75, 3.05) is 13.2 Å². The van der Waals surface area contributed by atoms with E-state index in [1.54, 1.807) is 6.92 Å². The highest BCUT2D eigenvalue weighted by Gasteiger charge is 2.10. The number of ether oxygens (including phenoxy) is 4. The summed E-state index contributed by atoms with van der Waals surface area (Å²) in [5, 5.41) is 0. The lowest BCUT2D eigenvalue weighted by molar-refractivity contribution is -0.151. The average Bonchev–Trinajstić information content (AvgIpc) is 2.83. The fourth-order valence-corrected chi connectivity index (χ4v) is 3.80. The smallest absolute Gasteiger partial charge is 0.306 e. The van der Waals surface area contributed by atoms with Gasteiger partial charge in [0.25, 0.3) is 6.47 Å². The molecule has 0 amide bonds. The fraction of sp³-hybridized carbons (Fsp3) is 0.724. The molecule has 0 saturated heterocycles. The van der Waals surface area contributed by atoms with Crippen LogP contribution < -0.4 is 0 Å². The zero-order chi connectivity index (χ0) is 25.6. The molecule has 1 rings (SSSR count). The third-order valence-electron chi connectivity index (χ3n) is 5.87. The summed E-state index contributed by atoms with van der Waals surface area (Å²) in [6.45, 7) is 8.00. The molecule has 0 saturated carbocycles. The lowest BCUT2D eigenvalue weighted by atomic mass is 10.1. The molecule has 35 heavy (non-hydrogen) atoms. The molecule has 0 bridgehead atoms. The second kappa shape index (κ2) is 21.4. The van der Waals surface area contributed by atoms with Crippen LogP contribution in [0.25, 0.3) is 0 Å². The molecule has 2 unspecified atom stereocenters. The molecule has 6 heteroatoms. The lowest BCUT2D eigenvalue weighted by Gasteiger charge is -2.14. The molecule has 6 nitrogen and oxygen atoms in total. The predicted octanol–water partition coefficient (Wildman–Crippen LogP) is 6.91. The minimum absolute atomic E-state index is 0.130. The molecule has 0 aliphatic carbocycles. The monoisotopic (exact) mass is 492 g/mol. The zero-order valence-electron chi connectivity index (χ0n) is 22.3. The first kappa shape index (κ1) is 31.1. The number of rotatable bonds is 23. The summed E-state index contributed by atoms with van der Waals surface area (Å²) in [6, 6.07) is 7.96. The molecule has 0 aliphatic rings. The summed E-state index contributed by atoms with van der Waals surface area (Å²) in [5.41, 5.74) is 2.09. The largest absolute Gasteiger partial charge is 0.462 e. The number of hydrogen-bond acceptors (Lipinski definition) is 6. The molecule has 1 aromatic rings. The molecule has 2 atom stereocenters. The SMILES string of the molecule is CCCCCCCCCCCCCC(=O)OC(C)COCc1ccc(COCC(C)OC=O)cc1. The van der Waals surface area contributed by atoms with Crippen molar-refractivity contribution in [1.82, 2.24) is 0 Å². The molecule has 0 radical (unpaired) electrons. The van der Waals surface area contributed by atoms with E-state index in [9.17, 15) is 9.59 Å². The van der Waals surface area contributed by atoms with Crippen LogP contribution in [0.3, 0.4) is 0 Å². The van der Waals surface area contributed by atoms with Crippen molar-refractivity contribution in [2.45, 2.75) is 123 Å². The maximum Gasteiger partial charge on any atom is 0.306 e. The maximum absolute atomic E-state index is 12.0. The van der Waals surface area contributed by atoms with Crippen LogP contribution in [0.15, 0.2) is 24.3 Å². The Balaban J connectivity index is 2.02. The Kier molecular flexibility index (Phi) is 19.0. The van der Waals surface area contributed by atoms with Crippen LogP contribution in [-0.2, 0) is 41.8 Å². The molecule has 0 aromatic heterocycles. The van der Waals surface area contributed by atoms with Crippen molar-refractivity contribution >= 4 is 12.4 Å². The van der Waals surface area contributed by atoms with Crippen LogP contribution in [0.4, 0.5) is 0 Å². The molecule has 0 aliphatic heterocycles. The van der Waals surface area contributed by atoms with Crippen molar-refractivity contribution in [3.8, 4) is 0 Å². The van der Waals surface area contributed by atoms with E-state index >= 15 is 0 Å². The Morgan fingerprint density at radius 1 is 0.743 bits per heavy atom. The second-order valence-electron chi connectivity index (χ2n) is 9.48. The van der Waals surface area contributed by atoms with Gasteiger partial charge in [-0.25, -0.2) is 0 Å². The Morgan fingerprint density at radius 2 is 1.20 bits per heavy atom. The van der Waals surface area contributed by atoms with Crippen LogP contribution in [-0.4, -0.2) is 37.9 Å². The predicted molar refractivity (Wildman–Crippen MR) is 139 cm³/mol. The molecular formula is C29H48O6. The van der Waals surface area contributed by atoms with Gasteiger partial charge in [-0.1, -0.05) is 95.4 Å². The van der Waals surface area contributed by atoms with Crippen LogP contribution >= 0.6 is 0 Å². The molecule has 0 N–H and O–H groups in total. The summed E-state index contributed by atoms with van der Waals surface area (Å²) in [5.74, 6) is -0.130. The van der Waals surface area contributed by atoms with Crippen LogP contribution in [0.5, 0.6) is 0 Å². The van der Waals surface area contributed by atoms with Crippen molar-refractivity contribution in [3.05, 3.63) is 35.4 Å². The summed E-state index contributed by atoms with van der Waals surface area (Å²) < 4.78 is 21.5. The molecule has 0 heterocycles. The van der Waals surface area contributed by atoms with Crippen LogP contribution in [0.2, 0.25) is 0 Å². The molecule has 1 aromatic carbocycles. The zero-order valence-corrected chi connectivity index (χ0v) is 22.3. The first-order valence-electron chi connectivity index (χ1n) is 13.6. The van der Waals surface area contributed by atoms with Crippen molar-refractivity contribution < 1.29 is 28.5 Å². The second-order valence-corrected chi connectivity index (χ2v) is 9.48.